The van der Waals surface area contributed by atoms with Crippen molar-refractivity contribution in [2.24, 2.45) is 0 Å². The summed E-state index contributed by atoms with van der Waals surface area (Å²) < 4.78 is 0. The van der Waals surface area contributed by atoms with E-state index in [1.165, 1.54) is 25.5 Å². The molecule has 1 fully saturated rings. The molecule has 0 bridgehead atoms. The van der Waals surface area contributed by atoms with Crippen LogP contribution >= 0.6 is 11.6 Å². The number of hydrogen-bond acceptors (Lipinski definition) is 2. The first kappa shape index (κ1) is 11.4. The van der Waals surface area contributed by atoms with Crippen LogP contribution < -0.4 is 5.32 Å². The lowest BCUT2D eigenvalue weighted by atomic mass is 9.95. The maximum absolute atomic E-state index is 11.8. The van der Waals surface area contributed by atoms with Crippen LogP contribution in [0.3, 0.4) is 0 Å². The fraction of sp³-hybridized carbons (Fsp3) is 0.500. The van der Waals surface area contributed by atoms with E-state index in [4.69, 9.17) is 11.6 Å². The summed E-state index contributed by atoms with van der Waals surface area (Å²) in [5.41, 5.74) is 0.440. The standard InChI is InChI=1S/C12H15ClN2O/c13-9-6-7-11(14-8-9)12(16)15-10-4-2-1-3-5-10/h6-8,10H,1-5H2,(H,15,16). The zero-order valence-electron chi connectivity index (χ0n) is 9.08. The Morgan fingerprint density at radius 3 is 2.69 bits per heavy atom. The van der Waals surface area contributed by atoms with Gasteiger partial charge in [0.05, 0.1) is 5.02 Å². The molecule has 0 radical (unpaired) electrons. The van der Waals surface area contributed by atoms with Gasteiger partial charge < -0.3 is 5.32 Å². The lowest BCUT2D eigenvalue weighted by Gasteiger charge is -2.22. The van der Waals surface area contributed by atoms with E-state index < -0.39 is 0 Å². The molecule has 86 valence electrons. The summed E-state index contributed by atoms with van der Waals surface area (Å²) in [7, 11) is 0. The van der Waals surface area contributed by atoms with Gasteiger partial charge in [-0.25, -0.2) is 4.98 Å². The molecule has 1 heterocycles. The van der Waals surface area contributed by atoms with Gasteiger partial charge >= 0.3 is 0 Å². The number of amides is 1. The van der Waals surface area contributed by atoms with Crippen molar-refractivity contribution in [3.63, 3.8) is 0 Å². The number of carbonyl (C=O) groups excluding carboxylic acids is 1. The second kappa shape index (κ2) is 5.30. The summed E-state index contributed by atoms with van der Waals surface area (Å²) in [6.45, 7) is 0. The fourth-order valence-electron chi connectivity index (χ4n) is 2.02. The summed E-state index contributed by atoms with van der Waals surface area (Å²) in [4.78, 5) is 15.8. The van der Waals surface area contributed by atoms with Crippen LogP contribution in [0.25, 0.3) is 0 Å². The van der Waals surface area contributed by atoms with Gasteiger partial charge in [0.2, 0.25) is 0 Å². The van der Waals surface area contributed by atoms with Crippen LogP contribution in [0.2, 0.25) is 5.02 Å². The van der Waals surface area contributed by atoms with Crippen LogP contribution in [0.1, 0.15) is 42.6 Å². The molecule has 0 aliphatic heterocycles. The maximum Gasteiger partial charge on any atom is 0.270 e. The highest BCUT2D eigenvalue weighted by Crippen LogP contribution is 2.17. The van der Waals surface area contributed by atoms with Gasteiger partial charge in [-0.1, -0.05) is 30.9 Å². The highest BCUT2D eigenvalue weighted by molar-refractivity contribution is 6.30. The topological polar surface area (TPSA) is 42.0 Å². The normalized spacial score (nSPS) is 17.1. The summed E-state index contributed by atoms with van der Waals surface area (Å²) >= 11 is 5.71. The third kappa shape index (κ3) is 2.95. The molecular weight excluding hydrogens is 224 g/mol. The zero-order valence-corrected chi connectivity index (χ0v) is 9.83. The molecule has 1 aliphatic carbocycles. The second-order valence-corrected chi connectivity index (χ2v) is 4.61. The van der Waals surface area contributed by atoms with E-state index >= 15 is 0 Å². The summed E-state index contributed by atoms with van der Waals surface area (Å²) in [6.07, 6.45) is 7.36. The molecular formula is C12H15ClN2O. The van der Waals surface area contributed by atoms with Crippen molar-refractivity contribution in [3.05, 3.63) is 29.0 Å². The van der Waals surface area contributed by atoms with Gasteiger partial charge in [-0.15, -0.1) is 0 Å². The molecule has 2 rings (SSSR count). The van der Waals surface area contributed by atoms with Gasteiger partial charge in [0.1, 0.15) is 5.69 Å². The lowest BCUT2D eigenvalue weighted by molar-refractivity contribution is 0.0922. The average Bonchev–Trinajstić information content (AvgIpc) is 2.31. The fourth-order valence-corrected chi connectivity index (χ4v) is 2.13. The van der Waals surface area contributed by atoms with Crippen molar-refractivity contribution in [3.8, 4) is 0 Å². The minimum Gasteiger partial charge on any atom is -0.348 e. The van der Waals surface area contributed by atoms with Crippen molar-refractivity contribution in [2.75, 3.05) is 0 Å². The summed E-state index contributed by atoms with van der Waals surface area (Å²) in [5.74, 6) is -0.0939. The monoisotopic (exact) mass is 238 g/mol. The smallest absolute Gasteiger partial charge is 0.270 e. The van der Waals surface area contributed by atoms with E-state index in [0.717, 1.165) is 12.8 Å². The Labute approximate surface area is 100 Å². The first-order valence-corrected chi connectivity index (χ1v) is 6.06. The van der Waals surface area contributed by atoms with Gasteiger partial charge in [-0.3, -0.25) is 4.79 Å². The molecule has 0 aromatic carbocycles. The highest BCUT2D eigenvalue weighted by Gasteiger charge is 2.16. The average molecular weight is 239 g/mol. The Hall–Kier alpha value is -1.09. The second-order valence-electron chi connectivity index (χ2n) is 4.17. The molecule has 0 saturated heterocycles. The molecule has 1 aromatic heterocycles. The molecule has 0 unspecified atom stereocenters. The number of carbonyl (C=O) groups is 1. The third-order valence-electron chi connectivity index (χ3n) is 2.90. The molecule has 1 aliphatic rings. The molecule has 16 heavy (non-hydrogen) atoms. The van der Waals surface area contributed by atoms with Crippen molar-refractivity contribution in [1.29, 1.82) is 0 Å². The maximum atomic E-state index is 11.8. The van der Waals surface area contributed by atoms with Crippen LogP contribution in [0, 0.1) is 0 Å². The first-order valence-electron chi connectivity index (χ1n) is 5.68. The third-order valence-corrected chi connectivity index (χ3v) is 3.12. The highest BCUT2D eigenvalue weighted by atomic mass is 35.5. The van der Waals surface area contributed by atoms with Gasteiger partial charge in [-0.2, -0.15) is 0 Å². The van der Waals surface area contributed by atoms with Gasteiger partial charge in [0.15, 0.2) is 0 Å². The summed E-state index contributed by atoms with van der Waals surface area (Å²) in [6, 6.07) is 3.66. The van der Waals surface area contributed by atoms with Crippen LogP contribution in [0.5, 0.6) is 0 Å². The Morgan fingerprint density at radius 2 is 2.06 bits per heavy atom. The molecule has 1 saturated carbocycles. The van der Waals surface area contributed by atoms with E-state index in [1.54, 1.807) is 12.1 Å². The van der Waals surface area contributed by atoms with Crippen molar-refractivity contribution in [1.82, 2.24) is 10.3 Å². The first-order chi connectivity index (χ1) is 7.75. The number of nitrogens with zero attached hydrogens (tertiary/aromatic N) is 1. The van der Waals surface area contributed by atoms with Gasteiger partial charge in [0.25, 0.3) is 5.91 Å². The number of rotatable bonds is 2. The van der Waals surface area contributed by atoms with E-state index in [2.05, 4.69) is 10.3 Å². The van der Waals surface area contributed by atoms with Gasteiger partial charge in [0, 0.05) is 12.2 Å². The van der Waals surface area contributed by atoms with E-state index in [-0.39, 0.29) is 5.91 Å². The predicted molar refractivity (Wildman–Crippen MR) is 63.6 cm³/mol. The summed E-state index contributed by atoms with van der Waals surface area (Å²) in [5, 5.41) is 3.56. The van der Waals surface area contributed by atoms with E-state index in [9.17, 15) is 4.79 Å². The molecule has 0 spiro atoms. The Kier molecular flexibility index (Phi) is 3.78. The quantitative estimate of drug-likeness (QED) is 0.861. The molecule has 1 amide bonds. The van der Waals surface area contributed by atoms with Crippen molar-refractivity contribution in [2.45, 2.75) is 38.1 Å². The van der Waals surface area contributed by atoms with Crippen LogP contribution in [-0.2, 0) is 0 Å². The van der Waals surface area contributed by atoms with E-state index in [1.807, 2.05) is 0 Å². The minimum absolute atomic E-state index is 0.0939. The van der Waals surface area contributed by atoms with Crippen molar-refractivity contribution < 1.29 is 4.79 Å². The molecule has 1 N–H and O–H groups in total. The molecule has 3 nitrogen and oxygen atoms in total. The Balaban J connectivity index is 1.94. The largest absolute Gasteiger partial charge is 0.348 e. The van der Waals surface area contributed by atoms with E-state index in [0.29, 0.717) is 16.8 Å². The number of pyridine rings is 1. The molecule has 4 heteroatoms. The SMILES string of the molecule is O=C(NC1CCCCC1)c1ccc(Cl)cn1. The predicted octanol–water partition coefficient (Wildman–Crippen LogP) is 2.80. The number of halogens is 1. The number of hydrogen-bond donors (Lipinski definition) is 1. The lowest BCUT2D eigenvalue weighted by Crippen LogP contribution is -2.36. The van der Waals surface area contributed by atoms with Crippen LogP contribution in [0.4, 0.5) is 0 Å². The van der Waals surface area contributed by atoms with Crippen LogP contribution in [-0.4, -0.2) is 16.9 Å². The zero-order chi connectivity index (χ0) is 11.4. The minimum atomic E-state index is -0.0939. The van der Waals surface area contributed by atoms with Crippen molar-refractivity contribution >= 4 is 17.5 Å². The number of nitrogens with one attached hydrogen (secondary N) is 1. The van der Waals surface area contributed by atoms with Gasteiger partial charge in [-0.05, 0) is 25.0 Å². The van der Waals surface area contributed by atoms with Crippen LogP contribution in [0.15, 0.2) is 18.3 Å². The Bertz CT molecular complexity index is 358. The Morgan fingerprint density at radius 1 is 1.31 bits per heavy atom. The molecule has 0 atom stereocenters. The molecule has 1 aromatic rings. The number of aromatic nitrogens is 1.